The number of fused-ring (bicyclic) bond motifs is 1. The van der Waals surface area contributed by atoms with Gasteiger partial charge in [0.15, 0.2) is 0 Å². The van der Waals surface area contributed by atoms with E-state index in [1.165, 1.54) is 0 Å². The van der Waals surface area contributed by atoms with Gasteiger partial charge in [0.05, 0.1) is 18.1 Å². The molecule has 0 aromatic heterocycles. The Bertz CT molecular complexity index is 259. The van der Waals surface area contributed by atoms with E-state index in [9.17, 15) is 4.79 Å². The Hall–Kier alpha value is -0.830. The molecular formula is C11H16O3. The van der Waals surface area contributed by atoms with Gasteiger partial charge < -0.3 is 9.84 Å². The number of allylic oxidation sites excluding steroid dienone is 2. The summed E-state index contributed by atoms with van der Waals surface area (Å²) in [6, 6.07) is 0. The maximum Gasteiger partial charge on any atom is 0.306 e. The topological polar surface area (TPSA) is 49.8 Å². The van der Waals surface area contributed by atoms with Gasteiger partial charge in [-0.3, -0.25) is 4.79 Å². The molecule has 1 saturated carbocycles. The Morgan fingerprint density at radius 1 is 1.57 bits per heavy atom. The van der Waals surface area contributed by atoms with E-state index in [0.29, 0.717) is 6.10 Å². The molecule has 2 rings (SSSR count). The van der Waals surface area contributed by atoms with Crippen LogP contribution in [0.3, 0.4) is 0 Å². The second kappa shape index (κ2) is 3.73. The van der Waals surface area contributed by atoms with E-state index in [1.807, 2.05) is 19.1 Å². The molecule has 1 aliphatic heterocycles. The van der Waals surface area contributed by atoms with Gasteiger partial charge >= 0.3 is 5.97 Å². The maximum absolute atomic E-state index is 11.0. The van der Waals surface area contributed by atoms with E-state index in [1.54, 1.807) is 0 Å². The minimum absolute atomic E-state index is 0.197. The van der Waals surface area contributed by atoms with Crippen molar-refractivity contribution in [2.45, 2.75) is 38.4 Å². The van der Waals surface area contributed by atoms with Gasteiger partial charge in [-0.15, -0.1) is 0 Å². The highest BCUT2D eigenvalue weighted by atomic mass is 16.6. The van der Waals surface area contributed by atoms with Crippen LogP contribution in [0.5, 0.6) is 0 Å². The third kappa shape index (κ3) is 1.69. The Balaban J connectivity index is 2.03. The summed E-state index contributed by atoms with van der Waals surface area (Å²) in [5, 5.41) is 9.06. The van der Waals surface area contributed by atoms with Gasteiger partial charge in [0.2, 0.25) is 0 Å². The number of carboxylic acids is 1. The molecular weight excluding hydrogens is 180 g/mol. The minimum atomic E-state index is -0.659. The molecule has 4 unspecified atom stereocenters. The molecule has 14 heavy (non-hydrogen) atoms. The molecule has 1 heterocycles. The number of rotatable bonds is 3. The fourth-order valence-electron chi connectivity index (χ4n) is 2.45. The molecule has 2 fully saturated rings. The third-order valence-electron chi connectivity index (χ3n) is 3.28. The van der Waals surface area contributed by atoms with Crippen LogP contribution in [0.4, 0.5) is 0 Å². The van der Waals surface area contributed by atoms with Crippen LogP contribution in [0, 0.1) is 11.8 Å². The lowest BCUT2D eigenvalue weighted by Gasteiger charge is -2.24. The zero-order valence-corrected chi connectivity index (χ0v) is 8.35. The number of hydrogen-bond donors (Lipinski definition) is 1. The quantitative estimate of drug-likeness (QED) is 0.553. The molecule has 3 nitrogen and oxygen atoms in total. The Labute approximate surface area is 83.8 Å². The van der Waals surface area contributed by atoms with Crippen molar-refractivity contribution < 1.29 is 14.6 Å². The highest BCUT2D eigenvalue weighted by Gasteiger charge is 2.52. The normalized spacial score (nSPS) is 40.9. The highest BCUT2D eigenvalue weighted by molar-refractivity contribution is 5.70. The van der Waals surface area contributed by atoms with Crippen LogP contribution >= 0.6 is 0 Å². The van der Waals surface area contributed by atoms with Crippen LogP contribution in [-0.4, -0.2) is 23.3 Å². The second-order valence-corrected chi connectivity index (χ2v) is 4.13. The van der Waals surface area contributed by atoms with Crippen LogP contribution in [0.2, 0.25) is 0 Å². The van der Waals surface area contributed by atoms with Crippen molar-refractivity contribution in [1.29, 1.82) is 0 Å². The Morgan fingerprint density at radius 2 is 2.36 bits per heavy atom. The smallest absolute Gasteiger partial charge is 0.306 e. The summed E-state index contributed by atoms with van der Waals surface area (Å²) in [6.07, 6.45) is 7.15. The van der Waals surface area contributed by atoms with Crippen LogP contribution < -0.4 is 0 Å². The predicted molar refractivity (Wildman–Crippen MR) is 51.9 cm³/mol. The number of carbonyl (C=O) groups is 1. The molecule has 3 heteroatoms. The lowest BCUT2D eigenvalue weighted by atomic mass is 9.77. The summed E-state index contributed by atoms with van der Waals surface area (Å²) in [4.78, 5) is 11.0. The van der Waals surface area contributed by atoms with E-state index >= 15 is 0 Å². The minimum Gasteiger partial charge on any atom is -0.481 e. The molecule has 0 spiro atoms. The van der Waals surface area contributed by atoms with Crippen molar-refractivity contribution in [2.24, 2.45) is 11.8 Å². The van der Waals surface area contributed by atoms with E-state index in [4.69, 9.17) is 9.84 Å². The average Bonchev–Trinajstić information content (AvgIpc) is 2.92. The van der Waals surface area contributed by atoms with Crippen molar-refractivity contribution in [3.63, 3.8) is 0 Å². The summed E-state index contributed by atoms with van der Waals surface area (Å²) in [6.45, 7) is 1.96. The summed E-state index contributed by atoms with van der Waals surface area (Å²) >= 11 is 0. The predicted octanol–water partition coefficient (Wildman–Crippen LogP) is 1.83. The Morgan fingerprint density at radius 3 is 3.00 bits per heavy atom. The number of carboxylic acid groups (broad SMARTS) is 1. The van der Waals surface area contributed by atoms with E-state index < -0.39 is 5.97 Å². The van der Waals surface area contributed by atoms with Crippen LogP contribution in [0.15, 0.2) is 12.2 Å². The Kier molecular flexibility index (Phi) is 2.59. The van der Waals surface area contributed by atoms with Gasteiger partial charge in [-0.25, -0.2) is 0 Å². The molecule has 1 saturated heterocycles. The standard InChI is InChI=1S/C11H16O3/c1-2-3-4-7-8(11(12)13)5-6-9-10(7)14-9/h2-3,7-10H,4-6H2,1H3,(H,12,13). The zero-order valence-electron chi connectivity index (χ0n) is 8.35. The van der Waals surface area contributed by atoms with Crippen molar-refractivity contribution in [3.05, 3.63) is 12.2 Å². The van der Waals surface area contributed by atoms with Gasteiger partial charge in [0.25, 0.3) is 0 Å². The second-order valence-electron chi connectivity index (χ2n) is 4.13. The first-order valence-corrected chi connectivity index (χ1v) is 5.23. The number of ether oxygens (including phenoxy) is 1. The summed E-state index contributed by atoms with van der Waals surface area (Å²) < 4.78 is 5.47. The van der Waals surface area contributed by atoms with Crippen LogP contribution in [-0.2, 0) is 9.53 Å². The van der Waals surface area contributed by atoms with Gasteiger partial charge in [-0.2, -0.15) is 0 Å². The molecule has 0 bridgehead atoms. The third-order valence-corrected chi connectivity index (χ3v) is 3.28. The first-order chi connectivity index (χ1) is 6.74. The summed E-state index contributed by atoms with van der Waals surface area (Å²) in [5.74, 6) is -0.661. The largest absolute Gasteiger partial charge is 0.481 e. The van der Waals surface area contributed by atoms with Gasteiger partial charge in [-0.1, -0.05) is 12.2 Å². The van der Waals surface area contributed by atoms with Crippen molar-refractivity contribution in [1.82, 2.24) is 0 Å². The van der Waals surface area contributed by atoms with Gasteiger partial charge in [0.1, 0.15) is 0 Å². The number of aliphatic carboxylic acids is 1. The molecule has 0 aromatic rings. The lowest BCUT2D eigenvalue weighted by molar-refractivity contribution is -0.144. The average molecular weight is 196 g/mol. The first kappa shape index (κ1) is 9.71. The fourth-order valence-corrected chi connectivity index (χ4v) is 2.45. The first-order valence-electron chi connectivity index (χ1n) is 5.23. The summed E-state index contributed by atoms with van der Waals surface area (Å²) in [7, 11) is 0. The molecule has 78 valence electrons. The van der Waals surface area contributed by atoms with Crippen LogP contribution in [0.25, 0.3) is 0 Å². The van der Waals surface area contributed by atoms with Crippen molar-refractivity contribution in [3.8, 4) is 0 Å². The van der Waals surface area contributed by atoms with Crippen LogP contribution in [0.1, 0.15) is 26.2 Å². The van der Waals surface area contributed by atoms with Crippen molar-refractivity contribution >= 4 is 5.97 Å². The molecule has 2 aliphatic rings. The van der Waals surface area contributed by atoms with Gasteiger partial charge in [0, 0.05) is 5.92 Å². The number of epoxide rings is 1. The highest BCUT2D eigenvalue weighted by Crippen LogP contribution is 2.45. The van der Waals surface area contributed by atoms with E-state index in [-0.39, 0.29) is 17.9 Å². The SMILES string of the molecule is CC=CCC1C(C(=O)O)CCC2OC21. The number of hydrogen-bond acceptors (Lipinski definition) is 2. The molecule has 0 radical (unpaired) electrons. The molecule has 1 N–H and O–H groups in total. The summed E-state index contributed by atoms with van der Waals surface area (Å²) in [5.41, 5.74) is 0. The monoisotopic (exact) mass is 196 g/mol. The van der Waals surface area contributed by atoms with Crippen molar-refractivity contribution in [2.75, 3.05) is 0 Å². The van der Waals surface area contributed by atoms with Gasteiger partial charge in [-0.05, 0) is 26.2 Å². The fraction of sp³-hybridized carbons (Fsp3) is 0.727. The molecule has 4 atom stereocenters. The van der Waals surface area contributed by atoms with E-state index in [0.717, 1.165) is 19.3 Å². The zero-order chi connectivity index (χ0) is 10.1. The molecule has 0 amide bonds. The van der Waals surface area contributed by atoms with E-state index in [2.05, 4.69) is 0 Å². The molecule has 0 aromatic carbocycles. The lowest BCUT2D eigenvalue weighted by Crippen LogP contribution is -2.31. The molecule has 1 aliphatic carbocycles. The maximum atomic E-state index is 11.0.